The highest BCUT2D eigenvalue weighted by Crippen LogP contribution is 1.95. The molecule has 0 saturated heterocycles. The summed E-state index contributed by atoms with van der Waals surface area (Å²) in [6.07, 6.45) is 5.38. The molecule has 10 heteroatoms. The number of amides is 1. The normalized spacial score (nSPS) is 12.0. The van der Waals surface area contributed by atoms with Crippen molar-refractivity contribution >= 4 is 5.91 Å². The van der Waals surface area contributed by atoms with Gasteiger partial charge in [0.1, 0.15) is 6.23 Å². The van der Waals surface area contributed by atoms with E-state index in [1.54, 1.807) is 13.8 Å². The lowest BCUT2D eigenvalue weighted by molar-refractivity contribution is -0.117. The number of hydrogen-bond donors (Lipinski definition) is 3. The van der Waals surface area contributed by atoms with Crippen LogP contribution in [-0.4, -0.2) is 110 Å². The van der Waals surface area contributed by atoms with Crippen LogP contribution in [0.25, 0.3) is 0 Å². The molecule has 230 valence electrons. The summed E-state index contributed by atoms with van der Waals surface area (Å²) in [5, 5.41) is 15.3. The van der Waals surface area contributed by atoms with E-state index in [-0.39, 0.29) is 5.91 Å². The molecule has 0 radical (unpaired) electrons. The van der Waals surface area contributed by atoms with Crippen molar-refractivity contribution in [2.45, 2.75) is 65.0 Å². The average Bonchev–Trinajstić information content (AvgIpc) is 2.91. The Morgan fingerprint density at radius 3 is 1.21 bits per heavy atom. The van der Waals surface area contributed by atoms with Crippen LogP contribution in [0.3, 0.4) is 0 Å². The van der Waals surface area contributed by atoms with E-state index >= 15 is 0 Å². The maximum absolute atomic E-state index is 11.3. The molecule has 39 heavy (non-hydrogen) atoms. The second-order valence-electron chi connectivity index (χ2n) is 9.39. The summed E-state index contributed by atoms with van der Waals surface area (Å²) in [6, 6.07) is 0. The van der Waals surface area contributed by atoms with Gasteiger partial charge in [-0.3, -0.25) is 10.1 Å². The van der Waals surface area contributed by atoms with Crippen molar-refractivity contribution < 1.29 is 38.3 Å². The monoisotopic (exact) mass is 560 g/mol. The summed E-state index contributed by atoms with van der Waals surface area (Å²) in [4.78, 5) is 11.3. The highest BCUT2D eigenvalue weighted by Gasteiger charge is 2.02. The van der Waals surface area contributed by atoms with Gasteiger partial charge in [0, 0.05) is 91.4 Å². The van der Waals surface area contributed by atoms with Gasteiger partial charge in [-0.1, -0.05) is 13.2 Å². The highest BCUT2D eigenvalue weighted by atomic mass is 16.5. The standard InChI is InChI=1S/C29H56N2O8/c1-26(2)28(32)30-12-5-14-34-16-7-18-36-20-9-22-38-24-11-25-39-23-10-21-37-19-8-17-35-15-6-13-31-29(33)27(3)4/h28,30,32H,1,3,5-25H2,2,4H3,(H,31,33). The predicted octanol–water partition coefficient (Wildman–Crippen LogP) is 2.99. The molecule has 0 aromatic heterocycles. The molecule has 10 nitrogen and oxygen atoms in total. The summed E-state index contributed by atoms with van der Waals surface area (Å²) in [5.41, 5.74) is 1.24. The van der Waals surface area contributed by atoms with Crippen LogP contribution in [0.1, 0.15) is 58.8 Å². The van der Waals surface area contributed by atoms with Crippen molar-refractivity contribution in [2.24, 2.45) is 0 Å². The summed E-state index contributed by atoms with van der Waals surface area (Å²) in [5.74, 6) is -0.105. The Morgan fingerprint density at radius 1 is 0.590 bits per heavy atom. The van der Waals surface area contributed by atoms with Crippen molar-refractivity contribution in [1.29, 1.82) is 0 Å². The van der Waals surface area contributed by atoms with Crippen LogP contribution >= 0.6 is 0 Å². The summed E-state index contributed by atoms with van der Waals surface area (Å²) < 4.78 is 33.5. The van der Waals surface area contributed by atoms with Gasteiger partial charge in [-0.15, -0.1) is 0 Å². The van der Waals surface area contributed by atoms with Gasteiger partial charge in [0.25, 0.3) is 0 Å². The van der Waals surface area contributed by atoms with Gasteiger partial charge in [0.05, 0.1) is 0 Å². The van der Waals surface area contributed by atoms with Crippen LogP contribution in [0, 0.1) is 0 Å². The first kappa shape index (κ1) is 37.6. The van der Waals surface area contributed by atoms with Crippen molar-refractivity contribution in [3.8, 4) is 0 Å². The number of aliphatic hydroxyl groups excluding tert-OH is 1. The molecule has 0 aliphatic carbocycles. The fourth-order valence-corrected chi connectivity index (χ4v) is 3.04. The third kappa shape index (κ3) is 29.4. The van der Waals surface area contributed by atoms with E-state index in [0.717, 1.165) is 44.9 Å². The van der Waals surface area contributed by atoms with Crippen LogP contribution in [0.15, 0.2) is 24.3 Å². The number of hydrogen-bond acceptors (Lipinski definition) is 9. The lowest BCUT2D eigenvalue weighted by Gasteiger charge is -2.12. The highest BCUT2D eigenvalue weighted by molar-refractivity contribution is 5.91. The molecule has 0 bridgehead atoms. The molecule has 1 amide bonds. The Morgan fingerprint density at radius 2 is 0.897 bits per heavy atom. The number of nitrogens with one attached hydrogen (secondary N) is 2. The zero-order valence-electron chi connectivity index (χ0n) is 24.6. The number of aliphatic hydroxyl groups is 1. The summed E-state index contributed by atoms with van der Waals surface area (Å²) in [6.45, 7) is 20.3. The van der Waals surface area contributed by atoms with E-state index in [1.807, 2.05) is 0 Å². The fourth-order valence-electron chi connectivity index (χ4n) is 3.04. The molecular weight excluding hydrogens is 504 g/mol. The Labute approximate surface area is 236 Å². The van der Waals surface area contributed by atoms with Gasteiger partial charge in [0.15, 0.2) is 0 Å². The first-order valence-corrected chi connectivity index (χ1v) is 14.4. The molecule has 0 aromatic rings. The molecule has 0 fully saturated rings. The summed E-state index contributed by atoms with van der Waals surface area (Å²) in [7, 11) is 0. The third-order valence-corrected chi connectivity index (χ3v) is 5.30. The second-order valence-corrected chi connectivity index (χ2v) is 9.39. The minimum absolute atomic E-state index is 0.105. The van der Waals surface area contributed by atoms with Crippen molar-refractivity contribution in [2.75, 3.05) is 92.4 Å². The largest absolute Gasteiger partial charge is 0.381 e. The summed E-state index contributed by atoms with van der Waals surface area (Å²) >= 11 is 0. The predicted molar refractivity (Wildman–Crippen MR) is 154 cm³/mol. The van der Waals surface area contributed by atoms with E-state index in [1.165, 1.54) is 0 Å². The maximum atomic E-state index is 11.3. The molecule has 0 saturated carbocycles. The zero-order chi connectivity index (χ0) is 28.8. The fraction of sp³-hybridized carbons (Fsp3) is 0.828. The maximum Gasteiger partial charge on any atom is 0.246 e. The minimum Gasteiger partial charge on any atom is -0.381 e. The van der Waals surface area contributed by atoms with E-state index < -0.39 is 6.23 Å². The SMILES string of the molecule is C=C(C)C(=O)NCCCOCCCOCCCOCCCOCCCOCCCOCCCNC(O)C(=C)C. The molecule has 1 atom stereocenters. The van der Waals surface area contributed by atoms with Gasteiger partial charge in [-0.2, -0.15) is 0 Å². The molecule has 3 N–H and O–H groups in total. The van der Waals surface area contributed by atoms with Gasteiger partial charge >= 0.3 is 0 Å². The van der Waals surface area contributed by atoms with Crippen LogP contribution in [0.5, 0.6) is 0 Å². The van der Waals surface area contributed by atoms with E-state index in [4.69, 9.17) is 28.4 Å². The van der Waals surface area contributed by atoms with Gasteiger partial charge in [0.2, 0.25) is 5.91 Å². The lowest BCUT2D eigenvalue weighted by Crippen LogP contribution is -2.30. The second kappa shape index (κ2) is 29.6. The molecule has 1 unspecified atom stereocenters. The molecular formula is C29H56N2O8. The Hall–Kier alpha value is -1.37. The number of rotatable bonds is 31. The quantitative estimate of drug-likeness (QED) is 0.0509. The molecule has 0 spiro atoms. The van der Waals surface area contributed by atoms with Gasteiger partial charge < -0.3 is 38.8 Å². The first-order valence-electron chi connectivity index (χ1n) is 14.4. The van der Waals surface area contributed by atoms with Crippen LogP contribution in [-0.2, 0) is 33.2 Å². The minimum atomic E-state index is -0.636. The van der Waals surface area contributed by atoms with Crippen LogP contribution in [0.2, 0.25) is 0 Å². The zero-order valence-corrected chi connectivity index (χ0v) is 24.6. The Bertz CT molecular complexity index is 592. The van der Waals surface area contributed by atoms with Crippen molar-refractivity contribution in [1.82, 2.24) is 10.6 Å². The molecule has 0 aliphatic rings. The van der Waals surface area contributed by atoms with Gasteiger partial charge in [-0.05, 0) is 70.9 Å². The number of ether oxygens (including phenoxy) is 6. The van der Waals surface area contributed by atoms with E-state index in [2.05, 4.69) is 23.8 Å². The smallest absolute Gasteiger partial charge is 0.246 e. The van der Waals surface area contributed by atoms with Gasteiger partial charge in [-0.25, -0.2) is 0 Å². The Kier molecular flexibility index (Phi) is 28.6. The molecule has 0 heterocycles. The third-order valence-electron chi connectivity index (χ3n) is 5.30. The van der Waals surface area contributed by atoms with Crippen LogP contribution < -0.4 is 10.6 Å². The van der Waals surface area contributed by atoms with E-state index in [9.17, 15) is 9.90 Å². The topological polar surface area (TPSA) is 117 Å². The van der Waals surface area contributed by atoms with E-state index in [0.29, 0.717) is 104 Å². The molecule has 0 aromatic carbocycles. The lowest BCUT2D eigenvalue weighted by atomic mass is 10.3. The first-order chi connectivity index (χ1) is 18.9. The molecule has 0 aliphatic heterocycles. The van der Waals surface area contributed by atoms with Crippen molar-refractivity contribution in [3.05, 3.63) is 24.3 Å². The Balaban J connectivity index is 3.10. The number of carbonyl (C=O) groups excluding carboxylic acids is 1. The molecule has 0 rings (SSSR count). The van der Waals surface area contributed by atoms with Crippen LogP contribution in [0.4, 0.5) is 0 Å². The average molecular weight is 561 g/mol. The van der Waals surface area contributed by atoms with Crippen molar-refractivity contribution in [3.63, 3.8) is 0 Å². The number of carbonyl (C=O) groups is 1.